The SMILES string of the molecule is CCCC(CC)CCC1CCCCCC(C)(CC)C1. The molecule has 114 valence electrons. The minimum absolute atomic E-state index is 0.650. The molecule has 0 heterocycles. The van der Waals surface area contributed by atoms with Crippen LogP contribution < -0.4 is 0 Å². The van der Waals surface area contributed by atoms with Crippen LogP contribution in [0.2, 0.25) is 0 Å². The molecule has 0 nitrogen and oxygen atoms in total. The Hall–Kier alpha value is 0. The fourth-order valence-corrected chi connectivity index (χ4v) is 4.06. The van der Waals surface area contributed by atoms with Crippen molar-refractivity contribution in [1.82, 2.24) is 0 Å². The molecule has 0 spiro atoms. The first-order valence-electron chi connectivity index (χ1n) is 9.13. The van der Waals surface area contributed by atoms with E-state index in [4.69, 9.17) is 0 Å². The smallest absolute Gasteiger partial charge is 0.0326 e. The highest BCUT2D eigenvalue weighted by Crippen LogP contribution is 2.41. The second-order valence-corrected chi connectivity index (χ2v) is 7.47. The summed E-state index contributed by atoms with van der Waals surface area (Å²) in [6, 6.07) is 0. The summed E-state index contributed by atoms with van der Waals surface area (Å²) in [6.45, 7) is 9.68. The maximum Gasteiger partial charge on any atom is -0.0326 e. The van der Waals surface area contributed by atoms with E-state index < -0.39 is 0 Å². The van der Waals surface area contributed by atoms with Gasteiger partial charge in [0.2, 0.25) is 0 Å². The third-order valence-corrected chi connectivity index (χ3v) is 5.79. The summed E-state index contributed by atoms with van der Waals surface area (Å²) in [5.74, 6) is 2.03. The van der Waals surface area contributed by atoms with Crippen molar-refractivity contribution in [2.75, 3.05) is 0 Å². The van der Waals surface area contributed by atoms with Crippen LogP contribution in [0.5, 0.6) is 0 Å². The predicted molar refractivity (Wildman–Crippen MR) is 87.5 cm³/mol. The van der Waals surface area contributed by atoms with Crippen LogP contribution in [0.25, 0.3) is 0 Å². The lowest BCUT2D eigenvalue weighted by Gasteiger charge is -2.35. The van der Waals surface area contributed by atoms with Crippen LogP contribution >= 0.6 is 0 Å². The summed E-state index contributed by atoms with van der Waals surface area (Å²) in [5, 5.41) is 0. The molecular formula is C19H38. The van der Waals surface area contributed by atoms with Gasteiger partial charge in [-0.25, -0.2) is 0 Å². The predicted octanol–water partition coefficient (Wildman–Crippen LogP) is 6.98. The van der Waals surface area contributed by atoms with Crippen molar-refractivity contribution >= 4 is 0 Å². The number of hydrogen-bond donors (Lipinski definition) is 0. The van der Waals surface area contributed by atoms with E-state index in [2.05, 4.69) is 27.7 Å². The molecule has 0 heteroatoms. The fraction of sp³-hybridized carbons (Fsp3) is 1.00. The summed E-state index contributed by atoms with van der Waals surface area (Å²) in [4.78, 5) is 0. The minimum atomic E-state index is 0.650. The van der Waals surface area contributed by atoms with Crippen molar-refractivity contribution in [3.63, 3.8) is 0 Å². The normalized spacial score (nSPS) is 30.6. The second-order valence-electron chi connectivity index (χ2n) is 7.47. The monoisotopic (exact) mass is 266 g/mol. The van der Waals surface area contributed by atoms with E-state index in [1.807, 2.05) is 0 Å². The average Bonchev–Trinajstić information content (AvgIpc) is 2.39. The average molecular weight is 267 g/mol. The van der Waals surface area contributed by atoms with Crippen molar-refractivity contribution in [2.24, 2.45) is 17.3 Å². The van der Waals surface area contributed by atoms with Gasteiger partial charge >= 0.3 is 0 Å². The first-order valence-corrected chi connectivity index (χ1v) is 9.13. The van der Waals surface area contributed by atoms with Crippen LogP contribution in [-0.2, 0) is 0 Å². The molecule has 0 aromatic heterocycles. The van der Waals surface area contributed by atoms with E-state index in [0.29, 0.717) is 5.41 Å². The standard InChI is InChI=1S/C19H38/c1-5-11-17(6-2)13-14-18-12-9-8-10-15-19(4,7-3)16-18/h17-18H,5-16H2,1-4H3. The number of hydrogen-bond acceptors (Lipinski definition) is 0. The van der Waals surface area contributed by atoms with Gasteiger partial charge in [-0.15, -0.1) is 0 Å². The molecule has 0 N–H and O–H groups in total. The molecule has 3 unspecified atom stereocenters. The molecule has 0 bridgehead atoms. The van der Waals surface area contributed by atoms with Crippen molar-refractivity contribution < 1.29 is 0 Å². The highest BCUT2D eigenvalue weighted by molar-refractivity contribution is 4.79. The van der Waals surface area contributed by atoms with Gasteiger partial charge in [-0.05, 0) is 30.1 Å². The zero-order chi connectivity index (χ0) is 14.1. The Bertz CT molecular complexity index is 220. The topological polar surface area (TPSA) is 0 Å². The van der Waals surface area contributed by atoms with Crippen LogP contribution in [0.4, 0.5) is 0 Å². The maximum absolute atomic E-state index is 2.55. The van der Waals surface area contributed by atoms with E-state index in [-0.39, 0.29) is 0 Å². The zero-order valence-corrected chi connectivity index (χ0v) is 14.1. The van der Waals surface area contributed by atoms with Gasteiger partial charge in [0.25, 0.3) is 0 Å². The molecule has 1 rings (SSSR count). The minimum Gasteiger partial charge on any atom is -0.0654 e. The highest BCUT2D eigenvalue weighted by Gasteiger charge is 2.27. The van der Waals surface area contributed by atoms with Gasteiger partial charge in [0, 0.05) is 0 Å². The Balaban J connectivity index is 2.44. The second kappa shape index (κ2) is 9.03. The van der Waals surface area contributed by atoms with Gasteiger partial charge in [0.05, 0.1) is 0 Å². The van der Waals surface area contributed by atoms with Gasteiger partial charge in [-0.3, -0.25) is 0 Å². The van der Waals surface area contributed by atoms with Crippen molar-refractivity contribution in [1.29, 1.82) is 0 Å². The molecular weight excluding hydrogens is 228 g/mol. The molecule has 1 aliphatic carbocycles. The zero-order valence-electron chi connectivity index (χ0n) is 14.1. The van der Waals surface area contributed by atoms with Gasteiger partial charge < -0.3 is 0 Å². The fourth-order valence-electron chi connectivity index (χ4n) is 4.06. The quantitative estimate of drug-likeness (QED) is 0.466. The van der Waals surface area contributed by atoms with Gasteiger partial charge in [0.15, 0.2) is 0 Å². The molecule has 0 aliphatic heterocycles. The lowest BCUT2D eigenvalue weighted by atomic mass is 9.70. The summed E-state index contributed by atoms with van der Waals surface area (Å²) < 4.78 is 0. The van der Waals surface area contributed by atoms with E-state index in [1.54, 1.807) is 0 Å². The Labute approximate surface area is 122 Å². The first-order chi connectivity index (χ1) is 9.13. The van der Waals surface area contributed by atoms with Crippen LogP contribution in [0.1, 0.15) is 105 Å². The molecule has 0 aromatic carbocycles. The van der Waals surface area contributed by atoms with Gasteiger partial charge in [-0.2, -0.15) is 0 Å². The largest absolute Gasteiger partial charge is 0.0654 e. The first kappa shape index (κ1) is 17.1. The lowest BCUT2D eigenvalue weighted by molar-refractivity contribution is 0.168. The molecule has 0 aromatic rings. The molecule has 0 radical (unpaired) electrons. The maximum atomic E-state index is 2.55. The molecule has 0 amide bonds. The van der Waals surface area contributed by atoms with Crippen LogP contribution in [0, 0.1) is 17.3 Å². The Morgan fingerprint density at radius 1 is 1.05 bits per heavy atom. The highest BCUT2D eigenvalue weighted by atomic mass is 14.3. The Kier molecular flexibility index (Phi) is 8.11. The van der Waals surface area contributed by atoms with Crippen LogP contribution in [-0.4, -0.2) is 0 Å². The summed E-state index contributed by atoms with van der Waals surface area (Å²) in [7, 11) is 0. The summed E-state index contributed by atoms with van der Waals surface area (Å²) in [5.41, 5.74) is 0.650. The van der Waals surface area contributed by atoms with Crippen LogP contribution in [0.15, 0.2) is 0 Å². The van der Waals surface area contributed by atoms with E-state index >= 15 is 0 Å². The molecule has 3 atom stereocenters. The number of rotatable bonds is 7. The van der Waals surface area contributed by atoms with Crippen LogP contribution in [0.3, 0.4) is 0 Å². The third kappa shape index (κ3) is 6.32. The third-order valence-electron chi connectivity index (χ3n) is 5.79. The summed E-state index contributed by atoms with van der Waals surface area (Å²) >= 11 is 0. The molecule has 1 aliphatic rings. The van der Waals surface area contributed by atoms with Crippen molar-refractivity contribution in [3.05, 3.63) is 0 Å². The molecule has 19 heavy (non-hydrogen) atoms. The lowest BCUT2D eigenvalue weighted by Crippen LogP contribution is -2.22. The van der Waals surface area contributed by atoms with E-state index in [9.17, 15) is 0 Å². The Morgan fingerprint density at radius 3 is 2.47 bits per heavy atom. The van der Waals surface area contributed by atoms with Gasteiger partial charge in [-0.1, -0.05) is 91.9 Å². The van der Waals surface area contributed by atoms with Crippen molar-refractivity contribution in [3.8, 4) is 0 Å². The molecule has 0 saturated heterocycles. The van der Waals surface area contributed by atoms with Gasteiger partial charge in [0.1, 0.15) is 0 Å². The molecule has 1 fully saturated rings. The Morgan fingerprint density at radius 2 is 1.84 bits per heavy atom. The van der Waals surface area contributed by atoms with Crippen molar-refractivity contribution in [2.45, 2.75) is 105 Å². The molecule has 1 saturated carbocycles. The van der Waals surface area contributed by atoms with E-state index in [1.165, 1.54) is 77.0 Å². The summed E-state index contributed by atoms with van der Waals surface area (Å²) in [6.07, 6.45) is 17.6. The van der Waals surface area contributed by atoms with E-state index in [0.717, 1.165) is 11.8 Å².